The van der Waals surface area contributed by atoms with Crippen molar-refractivity contribution in [3.8, 4) is 11.5 Å². The second-order valence-electron chi connectivity index (χ2n) is 7.28. The molecular weight excluding hydrogens is 380 g/mol. The molecule has 1 aromatic heterocycles. The van der Waals surface area contributed by atoms with Crippen LogP contribution in [0.3, 0.4) is 0 Å². The zero-order chi connectivity index (χ0) is 21.7. The molecule has 158 valence electrons. The molecule has 0 aliphatic rings. The van der Waals surface area contributed by atoms with Gasteiger partial charge < -0.3 is 19.1 Å². The van der Waals surface area contributed by atoms with Crippen molar-refractivity contribution >= 4 is 16.9 Å². The second kappa shape index (κ2) is 9.59. The molecular formula is C24H29N2O4+. The second-order valence-corrected chi connectivity index (χ2v) is 7.28. The highest BCUT2D eigenvalue weighted by molar-refractivity contribution is 5.98. The molecule has 1 N–H and O–H groups in total. The molecule has 3 aromatic rings. The smallest absolute Gasteiger partial charge is 0.340 e. The summed E-state index contributed by atoms with van der Waals surface area (Å²) in [6.45, 7) is 5.39. The Morgan fingerprint density at radius 2 is 1.83 bits per heavy atom. The summed E-state index contributed by atoms with van der Waals surface area (Å²) in [5.41, 5.74) is 4.16. The number of ether oxygens (including phenoxy) is 3. The standard InChI is InChI=1S/C24H28N2O4/c1-6-30-24(27)23-16(2)19-9-7-8-10-20(19)25-21(23)15-26(3)14-17-11-12-18(28-4)13-22(17)29-5/h7-13H,6,14-15H2,1-5H3/p+1. The predicted octanol–water partition coefficient (Wildman–Crippen LogP) is 2.95. The van der Waals surface area contributed by atoms with Gasteiger partial charge in [-0.05, 0) is 37.6 Å². The van der Waals surface area contributed by atoms with Crippen molar-refractivity contribution in [3.63, 3.8) is 0 Å². The van der Waals surface area contributed by atoms with Crippen molar-refractivity contribution in [2.45, 2.75) is 26.9 Å². The van der Waals surface area contributed by atoms with E-state index >= 15 is 0 Å². The van der Waals surface area contributed by atoms with Crippen LogP contribution in [-0.2, 0) is 17.8 Å². The predicted molar refractivity (Wildman–Crippen MR) is 116 cm³/mol. The number of aromatic nitrogens is 1. The van der Waals surface area contributed by atoms with Gasteiger partial charge in [-0.1, -0.05) is 18.2 Å². The lowest BCUT2D eigenvalue weighted by atomic mass is 10.0. The number of esters is 1. The molecule has 0 saturated heterocycles. The molecule has 0 spiro atoms. The Hall–Kier alpha value is -3.12. The van der Waals surface area contributed by atoms with Gasteiger partial charge in [-0.15, -0.1) is 0 Å². The van der Waals surface area contributed by atoms with Crippen molar-refractivity contribution in [1.82, 2.24) is 4.98 Å². The number of hydrogen-bond acceptors (Lipinski definition) is 5. The van der Waals surface area contributed by atoms with Gasteiger partial charge in [0.15, 0.2) is 0 Å². The van der Waals surface area contributed by atoms with E-state index in [1.54, 1.807) is 14.2 Å². The van der Waals surface area contributed by atoms with Gasteiger partial charge in [-0.3, -0.25) is 0 Å². The van der Waals surface area contributed by atoms with Crippen LogP contribution < -0.4 is 14.4 Å². The summed E-state index contributed by atoms with van der Waals surface area (Å²) in [4.78, 5) is 18.7. The third-order valence-corrected chi connectivity index (χ3v) is 5.16. The number of fused-ring (bicyclic) bond motifs is 1. The van der Waals surface area contributed by atoms with Crippen LogP contribution >= 0.6 is 0 Å². The molecule has 0 radical (unpaired) electrons. The lowest BCUT2D eigenvalue weighted by Gasteiger charge is -2.19. The molecule has 0 saturated carbocycles. The van der Waals surface area contributed by atoms with Gasteiger partial charge in [0.05, 0.1) is 39.0 Å². The Morgan fingerprint density at radius 1 is 1.07 bits per heavy atom. The van der Waals surface area contributed by atoms with Crippen LogP contribution in [0.4, 0.5) is 0 Å². The number of carbonyl (C=O) groups is 1. The highest BCUT2D eigenvalue weighted by Gasteiger charge is 2.22. The van der Waals surface area contributed by atoms with Crippen LogP contribution in [-0.4, -0.2) is 38.8 Å². The maximum absolute atomic E-state index is 12.7. The molecule has 1 unspecified atom stereocenters. The van der Waals surface area contributed by atoms with Crippen molar-refractivity contribution in [1.29, 1.82) is 0 Å². The van der Waals surface area contributed by atoms with Crippen molar-refractivity contribution in [2.75, 3.05) is 27.9 Å². The van der Waals surface area contributed by atoms with Crippen molar-refractivity contribution in [2.24, 2.45) is 0 Å². The highest BCUT2D eigenvalue weighted by atomic mass is 16.5. The van der Waals surface area contributed by atoms with Crippen molar-refractivity contribution in [3.05, 3.63) is 64.8 Å². The third kappa shape index (κ3) is 4.54. The minimum Gasteiger partial charge on any atom is -0.497 e. The largest absolute Gasteiger partial charge is 0.497 e. The number of hydrogen-bond donors (Lipinski definition) is 1. The maximum atomic E-state index is 12.7. The molecule has 0 fully saturated rings. The van der Waals surface area contributed by atoms with Crippen LogP contribution in [0.2, 0.25) is 0 Å². The number of pyridine rings is 1. The van der Waals surface area contributed by atoms with Gasteiger partial charge in [0.1, 0.15) is 30.3 Å². The fourth-order valence-corrected chi connectivity index (χ4v) is 3.71. The first-order chi connectivity index (χ1) is 14.5. The molecule has 0 bridgehead atoms. The van der Waals surface area contributed by atoms with Gasteiger partial charge in [0.25, 0.3) is 0 Å². The summed E-state index contributed by atoms with van der Waals surface area (Å²) in [6, 6.07) is 13.7. The Bertz CT molecular complexity index is 1050. The van der Waals surface area contributed by atoms with E-state index in [-0.39, 0.29) is 5.97 Å². The van der Waals surface area contributed by atoms with Crippen LogP contribution in [0.1, 0.15) is 34.1 Å². The molecule has 0 aliphatic heterocycles. The van der Waals surface area contributed by atoms with Crippen LogP contribution in [0.15, 0.2) is 42.5 Å². The zero-order valence-electron chi connectivity index (χ0n) is 18.2. The quantitative estimate of drug-likeness (QED) is 0.580. The summed E-state index contributed by atoms with van der Waals surface area (Å²) in [5.74, 6) is 1.21. The van der Waals surface area contributed by atoms with Gasteiger partial charge in [-0.2, -0.15) is 0 Å². The maximum Gasteiger partial charge on any atom is 0.340 e. The first-order valence-electron chi connectivity index (χ1n) is 10.1. The Morgan fingerprint density at radius 3 is 2.53 bits per heavy atom. The molecule has 2 aromatic carbocycles. The lowest BCUT2D eigenvalue weighted by molar-refractivity contribution is -0.908. The molecule has 3 rings (SSSR count). The number of rotatable bonds is 8. The normalized spacial score (nSPS) is 11.9. The van der Waals surface area contributed by atoms with Gasteiger partial charge in [-0.25, -0.2) is 9.78 Å². The molecule has 1 heterocycles. The summed E-state index contributed by atoms with van der Waals surface area (Å²) >= 11 is 0. The van der Waals surface area contributed by atoms with Crippen LogP contribution in [0.5, 0.6) is 11.5 Å². The van der Waals surface area contributed by atoms with Gasteiger partial charge in [0.2, 0.25) is 0 Å². The number of nitrogens with one attached hydrogen (secondary N) is 1. The SMILES string of the molecule is CCOC(=O)c1c(C[NH+](C)Cc2ccc(OC)cc2OC)nc2ccccc2c1C. The average Bonchev–Trinajstić information content (AvgIpc) is 2.74. The number of methoxy groups -OCH3 is 2. The number of nitrogens with zero attached hydrogens (tertiary/aromatic N) is 1. The third-order valence-electron chi connectivity index (χ3n) is 5.16. The Kier molecular flexibility index (Phi) is 6.90. The fourth-order valence-electron chi connectivity index (χ4n) is 3.71. The molecule has 0 amide bonds. The van der Waals surface area contributed by atoms with E-state index in [4.69, 9.17) is 19.2 Å². The Balaban J connectivity index is 1.94. The van der Waals surface area contributed by atoms with E-state index in [0.717, 1.165) is 39.2 Å². The van der Waals surface area contributed by atoms with E-state index in [1.165, 1.54) is 4.90 Å². The number of benzene rings is 2. The molecule has 1 atom stereocenters. The van der Waals surface area contributed by atoms with Crippen molar-refractivity contribution < 1.29 is 23.9 Å². The zero-order valence-corrected chi connectivity index (χ0v) is 18.2. The molecule has 0 aliphatic carbocycles. The summed E-state index contributed by atoms with van der Waals surface area (Å²) in [7, 11) is 5.36. The Labute approximate surface area is 177 Å². The fraction of sp³-hybridized carbons (Fsp3) is 0.333. The first kappa shape index (κ1) is 21.6. The van der Waals surface area contributed by atoms with E-state index in [9.17, 15) is 4.79 Å². The summed E-state index contributed by atoms with van der Waals surface area (Å²) in [5, 5.41) is 0.971. The first-order valence-corrected chi connectivity index (χ1v) is 10.1. The number of aryl methyl sites for hydroxylation is 1. The van der Waals surface area contributed by atoms with Crippen LogP contribution in [0.25, 0.3) is 10.9 Å². The van der Waals surface area contributed by atoms with Crippen LogP contribution in [0, 0.1) is 6.92 Å². The summed E-state index contributed by atoms with van der Waals surface area (Å²) < 4.78 is 16.1. The number of quaternary nitrogens is 1. The van der Waals surface area contributed by atoms with E-state index in [1.807, 2.05) is 56.3 Å². The highest BCUT2D eigenvalue weighted by Crippen LogP contribution is 2.25. The monoisotopic (exact) mass is 409 g/mol. The minimum atomic E-state index is -0.321. The van der Waals surface area contributed by atoms with E-state index < -0.39 is 0 Å². The van der Waals surface area contributed by atoms with E-state index in [0.29, 0.717) is 25.3 Å². The lowest BCUT2D eigenvalue weighted by Crippen LogP contribution is -3.06. The number of carbonyl (C=O) groups excluding carboxylic acids is 1. The number of para-hydroxylation sites is 1. The van der Waals surface area contributed by atoms with Gasteiger partial charge in [0, 0.05) is 17.0 Å². The minimum absolute atomic E-state index is 0.321. The average molecular weight is 410 g/mol. The summed E-state index contributed by atoms with van der Waals surface area (Å²) in [6.07, 6.45) is 0. The topological polar surface area (TPSA) is 62.1 Å². The van der Waals surface area contributed by atoms with Gasteiger partial charge >= 0.3 is 5.97 Å². The molecule has 30 heavy (non-hydrogen) atoms. The molecule has 6 heteroatoms. The molecule has 6 nitrogen and oxygen atoms in total. The van der Waals surface area contributed by atoms with E-state index in [2.05, 4.69) is 7.05 Å².